The number of carbonyl (C=O) groups is 1. The Balaban J connectivity index is 1.72. The third-order valence-electron chi connectivity index (χ3n) is 5.96. The number of rotatable bonds is 4. The first-order valence-electron chi connectivity index (χ1n) is 9.45. The van der Waals surface area contributed by atoms with Gasteiger partial charge in [0.25, 0.3) is 0 Å². The Morgan fingerprint density at radius 3 is 2.70 bits per heavy atom. The maximum absolute atomic E-state index is 12.4. The van der Waals surface area contributed by atoms with Gasteiger partial charge in [0.05, 0.1) is 11.5 Å². The molecule has 4 rings (SSSR count). The molecule has 2 aromatic carbocycles. The molecule has 139 valence electrons. The number of amides is 1. The molecule has 5 nitrogen and oxygen atoms in total. The number of hydrogen-bond acceptors (Lipinski definition) is 4. The molecule has 0 aliphatic carbocycles. The van der Waals surface area contributed by atoms with Crippen LogP contribution in [-0.4, -0.2) is 25.3 Å². The standard InChI is InChI=1S/C22H24N3O2/c1-22(21(23)27)13-20(24-19-8-7-15(14-26)11-18(19)22)16-5-4-6-17(12-16)25-9-2-3-10-25/h4-8,11-12,20,24H,2-3,9-10,13H2,1H3,(H2,23,27). The predicted molar refractivity (Wildman–Crippen MR) is 107 cm³/mol. The summed E-state index contributed by atoms with van der Waals surface area (Å²) in [6.45, 7) is 4.05. The zero-order valence-corrected chi connectivity index (χ0v) is 15.5. The quantitative estimate of drug-likeness (QED) is 0.877. The highest BCUT2D eigenvalue weighted by Gasteiger charge is 2.42. The van der Waals surface area contributed by atoms with Gasteiger partial charge < -0.3 is 16.0 Å². The third-order valence-corrected chi connectivity index (χ3v) is 5.96. The maximum Gasteiger partial charge on any atom is 0.233 e. The Morgan fingerprint density at radius 2 is 2.00 bits per heavy atom. The molecular formula is C22H24N3O2. The van der Waals surface area contributed by atoms with Crippen molar-refractivity contribution in [3.05, 3.63) is 59.2 Å². The lowest BCUT2D eigenvalue weighted by Gasteiger charge is -2.39. The number of anilines is 2. The van der Waals surface area contributed by atoms with Crippen molar-refractivity contribution in [1.82, 2.24) is 0 Å². The van der Waals surface area contributed by atoms with Crippen LogP contribution in [0.3, 0.4) is 0 Å². The summed E-state index contributed by atoms with van der Waals surface area (Å²) in [5, 5.41) is 3.54. The third kappa shape index (κ3) is 3.07. The first-order valence-corrected chi connectivity index (χ1v) is 9.45. The average molecular weight is 362 g/mol. The molecule has 1 radical (unpaired) electrons. The van der Waals surface area contributed by atoms with E-state index < -0.39 is 5.41 Å². The second kappa shape index (κ2) is 6.72. The SMILES string of the molecule is CC1(C(N)=O)CC(c2cccc(N3CCCC3)c2)Nc2ccc([C]=O)cc21. The Morgan fingerprint density at radius 1 is 1.22 bits per heavy atom. The molecule has 2 aliphatic heterocycles. The lowest BCUT2D eigenvalue weighted by atomic mass is 9.71. The zero-order chi connectivity index (χ0) is 19.0. The Kier molecular flexibility index (Phi) is 4.38. The van der Waals surface area contributed by atoms with Crippen LogP contribution in [0.1, 0.15) is 48.9 Å². The number of benzene rings is 2. The molecule has 1 amide bonds. The fourth-order valence-corrected chi connectivity index (χ4v) is 4.30. The van der Waals surface area contributed by atoms with Gasteiger partial charge in [-0.15, -0.1) is 0 Å². The summed E-state index contributed by atoms with van der Waals surface area (Å²) in [7, 11) is 0. The van der Waals surface area contributed by atoms with Gasteiger partial charge in [-0.2, -0.15) is 0 Å². The van der Waals surface area contributed by atoms with Crippen molar-refractivity contribution < 1.29 is 9.59 Å². The van der Waals surface area contributed by atoms with E-state index in [9.17, 15) is 9.59 Å². The van der Waals surface area contributed by atoms with Crippen molar-refractivity contribution in [2.45, 2.75) is 37.6 Å². The van der Waals surface area contributed by atoms with Gasteiger partial charge in [0.15, 0.2) is 0 Å². The molecule has 0 aromatic heterocycles. The molecular weight excluding hydrogens is 338 g/mol. The van der Waals surface area contributed by atoms with E-state index in [1.807, 2.05) is 19.3 Å². The minimum Gasteiger partial charge on any atom is -0.378 e. The fourth-order valence-electron chi connectivity index (χ4n) is 4.30. The highest BCUT2D eigenvalue weighted by molar-refractivity contribution is 5.90. The van der Waals surface area contributed by atoms with Crippen molar-refractivity contribution in [2.24, 2.45) is 5.73 Å². The average Bonchev–Trinajstić information content (AvgIpc) is 3.22. The summed E-state index contributed by atoms with van der Waals surface area (Å²) in [6.07, 6.45) is 4.91. The van der Waals surface area contributed by atoms with Crippen LogP contribution in [0.15, 0.2) is 42.5 Å². The van der Waals surface area contributed by atoms with Gasteiger partial charge >= 0.3 is 0 Å². The predicted octanol–water partition coefficient (Wildman–Crippen LogP) is 3.04. The monoisotopic (exact) mass is 362 g/mol. The van der Waals surface area contributed by atoms with E-state index in [4.69, 9.17) is 5.73 Å². The van der Waals surface area contributed by atoms with Crippen LogP contribution in [0, 0.1) is 0 Å². The molecule has 2 aromatic rings. The van der Waals surface area contributed by atoms with Crippen LogP contribution in [-0.2, 0) is 15.0 Å². The van der Waals surface area contributed by atoms with E-state index in [-0.39, 0.29) is 11.9 Å². The summed E-state index contributed by atoms with van der Waals surface area (Å²) in [6, 6.07) is 13.8. The minimum atomic E-state index is -0.845. The molecule has 1 fully saturated rings. The highest BCUT2D eigenvalue weighted by Crippen LogP contribution is 2.44. The number of fused-ring (bicyclic) bond motifs is 1. The van der Waals surface area contributed by atoms with Crippen LogP contribution in [0.4, 0.5) is 11.4 Å². The molecule has 2 atom stereocenters. The molecule has 2 aliphatic rings. The van der Waals surface area contributed by atoms with Crippen molar-refractivity contribution in [2.75, 3.05) is 23.3 Å². The van der Waals surface area contributed by atoms with Gasteiger partial charge in [-0.25, -0.2) is 0 Å². The smallest absolute Gasteiger partial charge is 0.233 e. The molecule has 3 N–H and O–H groups in total. The van der Waals surface area contributed by atoms with E-state index in [0.717, 1.165) is 29.9 Å². The molecule has 2 heterocycles. The van der Waals surface area contributed by atoms with Gasteiger partial charge in [0.1, 0.15) is 0 Å². The van der Waals surface area contributed by atoms with Crippen LogP contribution in [0.2, 0.25) is 0 Å². The summed E-state index contributed by atoms with van der Waals surface area (Å²) >= 11 is 0. The molecule has 2 unspecified atom stereocenters. The lowest BCUT2D eigenvalue weighted by Crippen LogP contribution is -2.44. The van der Waals surface area contributed by atoms with Crippen LogP contribution in [0.25, 0.3) is 0 Å². The van der Waals surface area contributed by atoms with Gasteiger partial charge in [-0.1, -0.05) is 12.1 Å². The molecule has 0 bridgehead atoms. The zero-order valence-electron chi connectivity index (χ0n) is 15.5. The topological polar surface area (TPSA) is 75.4 Å². The fraction of sp³-hybridized carbons (Fsp3) is 0.364. The van der Waals surface area contributed by atoms with Crippen LogP contribution < -0.4 is 16.0 Å². The largest absolute Gasteiger partial charge is 0.378 e. The summed E-state index contributed by atoms with van der Waals surface area (Å²) < 4.78 is 0. The van der Waals surface area contributed by atoms with Gasteiger partial charge in [-0.05, 0) is 67.6 Å². The van der Waals surface area contributed by atoms with Crippen molar-refractivity contribution in [3.63, 3.8) is 0 Å². The number of carbonyl (C=O) groups excluding carboxylic acids is 2. The molecule has 1 saturated heterocycles. The Hall–Kier alpha value is -2.82. The van der Waals surface area contributed by atoms with Crippen molar-refractivity contribution >= 4 is 23.6 Å². The number of nitrogens with one attached hydrogen (secondary N) is 1. The first kappa shape index (κ1) is 17.6. The van der Waals surface area contributed by atoms with Crippen molar-refractivity contribution in [1.29, 1.82) is 0 Å². The lowest BCUT2D eigenvalue weighted by molar-refractivity contribution is -0.123. The van der Waals surface area contributed by atoms with E-state index in [0.29, 0.717) is 12.0 Å². The van der Waals surface area contributed by atoms with E-state index in [1.165, 1.54) is 18.5 Å². The molecule has 0 saturated carbocycles. The van der Waals surface area contributed by atoms with E-state index in [2.05, 4.69) is 34.5 Å². The minimum absolute atomic E-state index is 0.0244. The maximum atomic E-state index is 12.4. The summed E-state index contributed by atoms with van der Waals surface area (Å²) in [5.41, 5.74) is 9.37. The number of nitrogens with zero attached hydrogens (tertiary/aromatic N) is 1. The van der Waals surface area contributed by atoms with E-state index in [1.54, 1.807) is 12.1 Å². The van der Waals surface area contributed by atoms with Crippen molar-refractivity contribution in [3.8, 4) is 0 Å². The Bertz CT molecular complexity index is 889. The van der Waals surface area contributed by atoms with Crippen LogP contribution >= 0.6 is 0 Å². The van der Waals surface area contributed by atoms with Gasteiger partial charge in [-0.3, -0.25) is 9.59 Å². The van der Waals surface area contributed by atoms with E-state index >= 15 is 0 Å². The molecule has 0 spiro atoms. The molecule has 5 heteroatoms. The number of nitrogens with two attached hydrogens (primary N) is 1. The normalized spacial score (nSPS) is 24.2. The van der Waals surface area contributed by atoms with Gasteiger partial charge in [0.2, 0.25) is 12.2 Å². The second-order valence-corrected chi connectivity index (χ2v) is 7.75. The Labute approximate surface area is 159 Å². The summed E-state index contributed by atoms with van der Waals surface area (Å²) in [5.74, 6) is -0.381. The van der Waals surface area contributed by atoms with Crippen LogP contribution in [0.5, 0.6) is 0 Å². The highest BCUT2D eigenvalue weighted by atomic mass is 16.1. The molecule has 27 heavy (non-hydrogen) atoms. The van der Waals surface area contributed by atoms with Gasteiger partial charge in [0, 0.05) is 30.0 Å². The number of primary amides is 1. The summed E-state index contributed by atoms with van der Waals surface area (Å²) in [4.78, 5) is 25.8. The first-order chi connectivity index (χ1) is 13.0. The second-order valence-electron chi connectivity index (χ2n) is 7.75. The number of hydrogen-bond donors (Lipinski definition) is 2.